The van der Waals surface area contributed by atoms with Crippen LogP contribution < -0.4 is 5.73 Å². The van der Waals surface area contributed by atoms with Crippen molar-refractivity contribution in [2.24, 2.45) is 5.73 Å². The van der Waals surface area contributed by atoms with Gasteiger partial charge in [0.25, 0.3) is 0 Å². The van der Waals surface area contributed by atoms with E-state index in [0.29, 0.717) is 15.6 Å². The standard InChI is InChI=1S/C13H8BrCl2F2N/c14-9-5-11(17)8(4-12(9)18)13(19)7-2-1-6(15)3-10(7)16/h1-5,13H,19H2. The molecule has 0 fully saturated rings. The van der Waals surface area contributed by atoms with Crippen molar-refractivity contribution in [2.75, 3.05) is 0 Å². The molecule has 0 aliphatic heterocycles. The van der Waals surface area contributed by atoms with E-state index < -0.39 is 17.7 Å². The smallest absolute Gasteiger partial charge is 0.137 e. The van der Waals surface area contributed by atoms with Gasteiger partial charge in [-0.05, 0) is 45.8 Å². The first-order valence-electron chi connectivity index (χ1n) is 5.25. The Labute approximate surface area is 127 Å². The SMILES string of the molecule is NC(c1cc(F)c(Br)cc1F)c1ccc(Cl)cc1Cl. The first kappa shape index (κ1) is 14.7. The van der Waals surface area contributed by atoms with E-state index in [4.69, 9.17) is 28.9 Å². The summed E-state index contributed by atoms with van der Waals surface area (Å²) in [5, 5.41) is 0.756. The van der Waals surface area contributed by atoms with Crippen molar-refractivity contribution in [3.63, 3.8) is 0 Å². The molecule has 1 nitrogen and oxygen atoms in total. The minimum atomic E-state index is -0.868. The third-order valence-electron chi connectivity index (χ3n) is 2.67. The predicted octanol–water partition coefficient (Wildman–Crippen LogP) is 5.08. The number of rotatable bonds is 2. The molecule has 0 radical (unpaired) electrons. The Hall–Kier alpha value is -0.680. The fourth-order valence-corrected chi connectivity index (χ4v) is 2.54. The van der Waals surface area contributed by atoms with E-state index >= 15 is 0 Å². The Bertz CT molecular complexity index is 634. The Morgan fingerprint density at radius 2 is 1.68 bits per heavy atom. The molecule has 2 aromatic rings. The van der Waals surface area contributed by atoms with Crippen molar-refractivity contribution in [3.8, 4) is 0 Å². The molecular formula is C13H8BrCl2F2N. The molecule has 0 bridgehead atoms. The third-order valence-corrected chi connectivity index (χ3v) is 3.84. The highest BCUT2D eigenvalue weighted by Gasteiger charge is 2.18. The van der Waals surface area contributed by atoms with Crippen molar-refractivity contribution in [1.82, 2.24) is 0 Å². The maximum atomic E-state index is 13.8. The first-order chi connectivity index (χ1) is 8.90. The molecule has 2 aromatic carbocycles. The van der Waals surface area contributed by atoms with Crippen LogP contribution >= 0.6 is 39.1 Å². The van der Waals surface area contributed by atoms with Crippen LogP contribution in [0.4, 0.5) is 8.78 Å². The van der Waals surface area contributed by atoms with E-state index in [9.17, 15) is 8.78 Å². The number of hydrogen-bond donors (Lipinski definition) is 1. The molecule has 0 heterocycles. The van der Waals surface area contributed by atoms with Crippen LogP contribution in [-0.2, 0) is 0 Å². The van der Waals surface area contributed by atoms with Crippen molar-refractivity contribution in [1.29, 1.82) is 0 Å². The minimum absolute atomic E-state index is 0.0323. The predicted molar refractivity (Wildman–Crippen MR) is 76.6 cm³/mol. The summed E-state index contributed by atoms with van der Waals surface area (Å²) in [4.78, 5) is 0. The van der Waals surface area contributed by atoms with Crippen molar-refractivity contribution >= 4 is 39.1 Å². The topological polar surface area (TPSA) is 26.0 Å². The molecule has 2 rings (SSSR count). The Balaban J connectivity index is 2.49. The van der Waals surface area contributed by atoms with E-state index in [-0.39, 0.29) is 10.0 Å². The van der Waals surface area contributed by atoms with Crippen molar-refractivity contribution in [2.45, 2.75) is 6.04 Å². The maximum absolute atomic E-state index is 13.8. The normalized spacial score (nSPS) is 12.5. The molecule has 100 valence electrons. The molecular weight excluding hydrogens is 359 g/mol. The van der Waals surface area contributed by atoms with Gasteiger partial charge in [0.05, 0.1) is 10.5 Å². The Morgan fingerprint density at radius 3 is 2.32 bits per heavy atom. The van der Waals surface area contributed by atoms with Gasteiger partial charge in [0, 0.05) is 15.6 Å². The van der Waals surface area contributed by atoms with Gasteiger partial charge >= 0.3 is 0 Å². The molecule has 6 heteroatoms. The van der Waals surface area contributed by atoms with Gasteiger partial charge in [-0.3, -0.25) is 0 Å². The second-order valence-electron chi connectivity index (χ2n) is 3.93. The van der Waals surface area contributed by atoms with Gasteiger partial charge in [-0.2, -0.15) is 0 Å². The van der Waals surface area contributed by atoms with Crippen LogP contribution in [-0.4, -0.2) is 0 Å². The fraction of sp³-hybridized carbons (Fsp3) is 0.0769. The molecule has 1 atom stereocenters. The summed E-state index contributed by atoms with van der Waals surface area (Å²) < 4.78 is 27.4. The zero-order valence-electron chi connectivity index (χ0n) is 9.43. The van der Waals surface area contributed by atoms with Gasteiger partial charge in [-0.1, -0.05) is 29.3 Å². The summed E-state index contributed by atoms with van der Waals surface area (Å²) in [6, 6.07) is 5.91. The molecule has 0 amide bonds. The third kappa shape index (κ3) is 3.08. The zero-order chi connectivity index (χ0) is 14.2. The van der Waals surface area contributed by atoms with Gasteiger partial charge in [-0.15, -0.1) is 0 Å². The second-order valence-corrected chi connectivity index (χ2v) is 5.63. The number of hydrogen-bond acceptors (Lipinski definition) is 1. The van der Waals surface area contributed by atoms with Gasteiger partial charge < -0.3 is 5.73 Å². The largest absolute Gasteiger partial charge is 0.320 e. The minimum Gasteiger partial charge on any atom is -0.320 e. The summed E-state index contributed by atoms with van der Waals surface area (Å²) >= 11 is 14.7. The highest BCUT2D eigenvalue weighted by atomic mass is 79.9. The molecule has 0 aromatic heterocycles. The molecule has 0 spiro atoms. The quantitative estimate of drug-likeness (QED) is 0.736. The molecule has 19 heavy (non-hydrogen) atoms. The Morgan fingerprint density at radius 1 is 1.00 bits per heavy atom. The highest BCUT2D eigenvalue weighted by molar-refractivity contribution is 9.10. The molecule has 0 saturated carbocycles. The van der Waals surface area contributed by atoms with E-state index in [2.05, 4.69) is 15.9 Å². The van der Waals surface area contributed by atoms with E-state index in [0.717, 1.165) is 12.1 Å². The maximum Gasteiger partial charge on any atom is 0.137 e. The van der Waals surface area contributed by atoms with Crippen LogP contribution in [0.1, 0.15) is 17.2 Å². The summed E-state index contributed by atoms with van der Waals surface area (Å²) in [6.07, 6.45) is 0. The van der Waals surface area contributed by atoms with Crippen LogP contribution in [0.25, 0.3) is 0 Å². The number of halogens is 5. The van der Waals surface area contributed by atoms with Crippen LogP contribution in [0.3, 0.4) is 0 Å². The summed E-state index contributed by atoms with van der Waals surface area (Å²) in [5.74, 6) is -1.19. The molecule has 0 aliphatic rings. The van der Waals surface area contributed by atoms with Crippen LogP contribution in [0.5, 0.6) is 0 Å². The second kappa shape index (κ2) is 5.75. The van der Waals surface area contributed by atoms with E-state index in [1.165, 1.54) is 6.07 Å². The van der Waals surface area contributed by atoms with E-state index in [1.54, 1.807) is 12.1 Å². The fourth-order valence-electron chi connectivity index (χ4n) is 1.70. The number of benzene rings is 2. The zero-order valence-corrected chi connectivity index (χ0v) is 12.5. The lowest BCUT2D eigenvalue weighted by molar-refractivity contribution is 0.572. The van der Waals surface area contributed by atoms with Crippen molar-refractivity contribution in [3.05, 3.63) is 67.6 Å². The molecule has 2 N–H and O–H groups in total. The summed E-state index contributed by atoms with van der Waals surface area (Å²) in [7, 11) is 0. The lowest BCUT2D eigenvalue weighted by atomic mass is 9.99. The highest BCUT2D eigenvalue weighted by Crippen LogP contribution is 2.31. The van der Waals surface area contributed by atoms with E-state index in [1.807, 2.05) is 0 Å². The monoisotopic (exact) mass is 365 g/mol. The average molecular weight is 367 g/mol. The van der Waals surface area contributed by atoms with Gasteiger partial charge in [0.2, 0.25) is 0 Å². The van der Waals surface area contributed by atoms with Crippen molar-refractivity contribution < 1.29 is 8.78 Å². The summed E-state index contributed by atoms with van der Waals surface area (Å²) in [6.45, 7) is 0. The Kier molecular flexibility index (Phi) is 4.46. The lowest BCUT2D eigenvalue weighted by Crippen LogP contribution is -2.14. The molecule has 0 aliphatic carbocycles. The van der Waals surface area contributed by atoms with Crippen LogP contribution in [0.2, 0.25) is 10.0 Å². The molecule has 0 saturated heterocycles. The van der Waals surface area contributed by atoms with Gasteiger partial charge in [0.15, 0.2) is 0 Å². The van der Waals surface area contributed by atoms with Gasteiger partial charge in [0.1, 0.15) is 11.6 Å². The number of nitrogens with two attached hydrogens (primary N) is 1. The average Bonchev–Trinajstić information content (AvgIpc) is 2.33. The van der Waals surface area contributed by atoms with Crippen LogP contribution in [0.15, 0.2) is 34.8 Å². The molecule has 1 unspecified atom stereocenters. The van der Waals surface area contributed by atoms with Crippen LogP contribution in [0, 0.1) is 11.6 Å². The first-order valence-corrected chi connectivity index (χ1v) is 6.80. The van der Waals surface area contributed by atoms with Gasteiger partial charge in [-0.25, -0.2) is 8.78 Å². The summed E-state index contributed by atoms with van der Waals surface area (Å²) in [5.41, 5.74) is 6.45. The lowest BCUT2D eigenvalue weighted by Gasteiger charge is -2.15.